The van der Waals surface area contributed by atoms with Crippen LogP contribution in [-0.4, -0.2) is 22.4 Å². The van der Waals surface area contributed by atoms with Crippen molar-refractivity contribution >= 4 is 41.1 Å². The first-order valence-corrected chi connectivity index (χ1v) is 12.2. The number of carbonyl (C=O) groups is 1. The molecule has 1 fully saturated rings. The average Bonchev–Trinajstić information content (AvgIpc) is 3.41. The van der Waals surface area contributed by atoms with Crippen LogP contribution in [0.4, 0.5) is 4.39 Å². The average molecular weight is 492 g/mol. The number of benzene rings is 2. The van der Waals surface area contributed by atoms with Crippen LogP contribution in [0, 0.1) is 12.8 Å². The minimum atomic E-state index is -1.43. The molecule has 3 rings (SSSR count). The maximum atomic E-state index is 15.2. The molecular formula is C26H28Cl2FNOS. The van der Waals surface area contributed by atoms with Crippen molar-refractivity contribution < 1.29 is 9.18 Å². The fourth-order valence-electron chi connectivity index (χ4n) is 3.43. The normalized spacial score (nSPS) is 20.8. The first-order chi connectivity index (χ1) is 15.1. The molecule has 0 saturated heterocycles. The Bertz CT molecular complexity index is 1050. The number of amides is 1. The Morgan fingerprint density at radius 1 is 1.25 bits per heavy atom. The topological polar surface area (TPSA) is 20.3 Å². The van der Waals surface area contributed by atoms with Gasteiger partial charge in [0.2, 0.25) is 0 Å². The van der Waals surface area contributed by atoms with E-state index >= 15 is 4.39 Å². The summed E-state index contributed by atoms with van der Waals surface area (Å²) in [5.41, 5.74) is 1.25. The Labute approximate surface area is 204 Å². The molecule has 2 atom stereocenters. The van der Waals surface area contributed by atoms with E-state index in [2.05, 4.69) is 13.8 Å². The van der Waals surface area contributed by atoms with Crippen LogP contribution in [0.25, 0.3) is 0 Å². The van der Waals surface area contributed by atoms with Crippen LogP contribution in [0.15, 0.2) is 71.2 Å². The van der Waals surface area contributed by atoms with Crippen LogP contribution in [0.2, 0.25) is 10.0 Å². The molecule has 1 aliphatic rings. The molecule has 32 heavy (non-hydrogen) atoms. The highest BCUT2D eigenvalue weighted by Crippen LogP contribution is 2.56. The number of rotatable bonds is 8. The lowest BCUT2D eigenvalue weighted by atomic mass is 10.1. The second-order valence-corrected chi connectivity index (χ2v) is 10.6. The van der Waals surface area contributed by atoms with Crippen molar-refractivity contribution in [2.24, 2.45) is 5.92 Å². The van der Waals surface area contributed by atoms with Gasteiger partial charge < -0.3 is 0 Å². The first-order valence-electron chi connectivity index (χ1n) is 10.7. The van der Waals surface area contributed by atoms with Crippen molar-refractivity contribution in [2.45, 2.75) is 50.6 Å². The number of halogens is 3. The number of allylic oxidation sites excluding steroid dienone is 3. The largest absolute Gasteiger partial charge is 0.278 e. The summed E-state index contributed by atoms with van der Waals surface area (Å²) in [7, 11) is 0. The van der Waals surface area contributed by atoms with Gasteiger partial charge in [-0.2, -0.15) is 0 Å². The van der Waals surface area contributed by atoms with Gasteiger partial charge >= 0.3 is 0 Å². The van der Waals surface area contributed by atoms with Gasteiger partial charge in [0.25, 0.3) is 5.91 Å². The molecule has 1 amide bonds. The molecule has 2 aromatic rings. The Hall–Kier alpha value is -1.75. The van der Waals surface area contributed by atoms with Crippen molar-refractivity contribution in [1.29, 1.82) is 0 Å². The fourth-order valence-corrected chi connectivity index (χ4v) is 4.84. The predicted molar refractivity (Wildman–Crippen MR) is 134 cm³/mol. The third kappa shape index (κ3) is 6.40. The Morgan fingerprint density at radius 3 is 2.62 bits per heavy atom. The van der Waals surface area contributed by atoms with E-state index in [4.69, 9.17) is 23.2 Å². The number of carbonyl (C=O) groups excluding carboxylic acids is 1. The summed E-state index contributed by atoms with van der Waals surface area (Å²) in [6, 6.07) is 13.2. The molecule has 2 aromatic carbocycles. The van der Waals surface area contributed by atoms with E-state index in [0.717, 1.165) is 16.0 Å². The van der Waals surface area contributed by atoms with Gasteiger partial charge in [0, 0.05) is 23.4 Å². The minimum Gasteiger partial charge on any atom is -0.278 e. The standard InChI is InChI=1S/C26H28Cl2FNOS/c1-17(2)16-30(32-24-8-6-5-7-19(24)4)25(31)13-18(3)11-12-26(29)15-21(26)20-9-10-22(27)23(28)14-20/h5-14,17,21H,15-16H2,1-4H3/b12-11+,18-13+/t21?,26-/m0/s1. The molecule has 0 radical (unpaired) electrons. The molecule has 0 aromatic heterocycles. The van der Waals surface area contributed by atoms with Gasteiger partial charge in [-0.3, -0.25) is 9.10 Å². The van der Waals surface area contributed by atoms with E-state index in [-0.39, 0.29) is 11.8 Å². The minimum absolute atomic E-state index is 0.0983. The smallest absolute Gasteiger partial charge is 0.256 e. The lowest BCUT2D eigenvalue weighted by Gasteiger charge is -2.23. The maximum Gasteiger partial charge on any atom is 0.256 e. The van der Waals surface area contributed by atoms with Gasteiger partial charge in [0.1, 0.15) is 5.67 Å². The molecule has 2 nitrogen and oxygen atoms in total. The van der Waals surface area contributed by atoms with Crippen molar-refractivity contribution in [3.8, 4) is 0 Å². The summed E-state index contributed by atoms with van der Waals surface area (Å²) < 4.78 is 16.9. The third-order valence-corrected chi connectivity index (χ3v) is 7.28. The van der Waals surface area contributed by atoms with Gasteiger partial charge in [0.05, 0.1) is 10.0 Å². The summed E-state index contributed by atoms with van der Waals surface area (Å²) in [6.07, 6.45) is 5.22. The Balaban J connectivity index is 1.69. The van der Waals surface area contributed by atoms with Gasteiger partial charge in [0.15, 0.2) is 0 Å². The summed E-state index contributed by atoms with van der Waals surface area (Å²) in [5, 5.41) is 0.892. The van der Waals surface area contributed by atoms with Crippen LogP contribution < -0.4 is 0 Å². The quantitative estimate of drug-likeness (QED) is 0.210. The zero-order valence-electron chi connectivity index (χ0n) is 18.7. The van der Waals surface area contributed by atoms with Crippen molar-refractivity contribution in [3.63, 3.8) is 0 Å². The van der Waals surface area contributed by atoms with E-state index in [9.17, 15) is 4.79 Å². The third-order valence-electron chi connectivity index (χ3n) is 5.34. The molecule has 1 unspecified atom stereocenters. The predicted octanol–water partition coefficient (Wildman–Crippen LogP) is 8.19. The molecule has 1 aliphatic carbocycles. The number of hydrogen-bond acceptors (Lipinski definition) is 2. The summed E-state index contributed by atoms with van der Waals surface area (Å²) in [5.74, 6) is -0.0165. The Morgan fingerprint density at radius 2 is 1.97 bits per heavy atom. The molecular weight excluding hydrogens is 464 g/mol. The second kappa shape index (κ2) is 10.5. The highest BCUT2D eigenvalue weighted by atomic mass is 35.5. The summed E-state index contributed by atoms with van der Waals surface area (Å²) in [6.45, 7) is 8.64. The number of nitrogens with zero attached hydrogens (tertiary/aromatic N) is 1. The lowest BCUT2D eigenvalue weighted by Crippen LogP contribution is -2.26. The molecule has 0 spiro atoms. The van der Waals surface area contributed by atoms with Crippen LogP contribution in [0.5, 0.6) is 0 Å². The molecule has 170 valence electrons. The van der Waals surface area contributed by atoms with Crippen LogP contribution >= 0.6 is 35.1 Å². The van der Waals surface area contributed by atoms with E-state index in [1.807, 2.05) is 44.2 Å². The Kier molecular flexibility index (Phi) is 8.13. The molecule has 0 heterocycles. The fraction of sp³-hybridized carbons (Fsp3) is 0.346. The lowest BCUT2D eigenvalue weighted by molar-refractivity contribution is -0.121. The zero-order chi connectivity index (χ0) is 23.5. The zero-order valence-corrected chi connectivity index (χ0v) is 21.1. The molecule has 0 N–H and O–H groups in total. The number of aryl methyl sites for hydroxylation is 1. The molecule has 0 bridgehead atoms. The monoisotopic (exact) mass is 491 g/mol. The summed E-state index contributed by atoms with van der Waals surface area (Å²) >= 11 is 13.5. The van der Waals surface area contributed by atoms with E-state index in [0.29, 0.717) is 34.5 Å². The van der Waals surface area contributed by atoms with Crippen molar-refractivity contribution in [2.75, 3.05) is 6.54 Å². The van der Waals surface area contributed by atoms with E-state index < -0.39 is 5.67 Å². The van der Waals surface area contributed by atoms with Crippen LogP contribution in [-0.2, 0) is 4.79 Å². The number of alkyl halides is 1. The van der Waals surface area contributed by atoms with E-state index in [1.165, 1.54) is 11.9 Å². The summed E-state index contributed by atoms with van der Waals surface area (Å²) in [4.78, 5) is 14.0. The number of hydrogen-bond donors (Lipinski definition) is 0. The SMILES string of the molecule is CC(/C=C/[C@]1(F)CC1c1ccc(Cl)c(Cl)c1)=C\C(=O)N(CC(C)C)Sc1ccccc1C. The van der Waals surface area contributed by atoms with Crippen LogP contribution in [0.1, 0.15) is 44.2 Å². The highest BCUT2D eigenvalue weighted by Gasteiger charge is 2.54. The van der Waals surface area contributed by atoms with Gasteiger partial charge in [-0.15, -0.1) is 0 Å². The van der Waals surface area contributed by atoms with Gasteiger partial charge in [-0.25, -0.2) is 4.39 Å². The molecule has 1 saturated carbocycles. The van der Waals surface area contributed by atoms with Crippen LogP contribution in [0.3, 0.4) is 0 Å². The molecule has 0 aliphatic heterocycles. The van der Waals surface area contributed by atoms with Crippen molar-refractivity contribution in [3.05, 3.63) is 87.4 Å². The van der Waals surface area contributed by atoms with Crippen molar-refractivity contribution in [1.82, 2.24) is 4.31 Å². The van der Waals surface area contributed by atoms with Gasteiger partial charge in [-0.1, -0.05) is 67.4 Å². The highest BCUT2D eigenvalue weighted by molar-refractivity contribution is 7.97. The second-order valence-electron chi connectivity index (χ2n) is 8.73. The van der Waals surface area contributed by atoms with E-state index in [1.54, 1.807) is 34.7 Å². The van der Waals surface area contributed by atoms with Gasteiger partial charge in [-0.05, 0) is 79.1 Å². The molecule has 6 heteroatoms. The maximum absolute atomic E-state index is 15.2. The first kappa shape index (κ1) is 24.9.